The molecule has 6 N–H and O–H groups in total. The van der Waals surface area contributed by atoms with Gasteiger partial charge < -0.3 is 46.9 Å². The summed E-state index contributed by atoms with van der Waals surface area (Å²) >= 11 is 0. The van der Waals surface area contributed by atoms with E-state index in [1.165, 1.54) is 88.4 Å². The lowest BCUT2D eigenvalue weighted by atomic mass is 9.38. The van der Waals surface area contributed by atoms with Crippen molar-refractivity contribution in [2.45, 2.75) is 211 Å². The molecular formula is C105H124ClN11O18. The number of benzene rings is 9. The van der Waals surface area contributed by atoms with Crippen LogP contribution in [-0.4, -0.2) is 150 Å². The van der Waals surface area contributed by atoms with Crippen LogP contribution in [0, 0.1) is 47.2 Å². The minimum atomic E-state index is -2.54. The highest BCUT2D eigenvalue weighted by atomic mass is 35.5. The Morgan fingerprint density at radius 3 is 1.00 bits per heavy atom. The Hall–Kier alpha value is -12.0. The van der Waals surface area contributed by atoms with Crippen LogP contribution in [0.4, 0.5) is 17.1 Å². The molecule has 30 heteroatoms. The van der Waals surface area contributed by atoms with Gasteiger partial charge in [-0.1, -0.05) is 239 Å². The predicted molar refractivity (Wildman–Crippen MR) is 500 cm³/mol. The molecule has 0 spiro atoms. The molecule has 0 saturated carbocycles. The Balaban J connectivity index is 0.0000154. The number of likely N-dealkylation sites (tertiary alicyclic amines) is 3. The van der Waals surface area contributed by atoms with Gasteiger partial charge in [0.05, 0.1) is 31.0 Å². The van der Waals surface area contributed by atoms with Gasteiger partial charge in [-0.15, -0.1) is 12.4 Å². The van der Waals surface area contributed by atoms with Crippen molar-refractivity contribution in [3.63, 3.8) is 0 Å². The number of carbonyl (C=O) groups is 6. The minimum absolute atomic E-state index is 0. The van der Waals surface area contributed by atoms with Crippen molar-refractivity contribution >= 4 is 65.3 Å². The van der Waals surface area contributed by atoms with Crippen molar-refractivity contribution in [2.24, 2.45) is 49.7 Å². The van der Waals surface area contributed by atoms with E-state index in [0.717, 1.165) is 33.4 Å². The normalized spacial score (nSPS) is 28.0. The minimum Gasteiger partial charge on any atom is -0.549 e. The number of hydrogen-bond donors (Lipinski definition) is 3. The summed E-state index contributed by atoms with van der Waals surface area (Å²) in [5.74, 6) is -10.3. The molecule has 0 radical (unpaired) electrons. The first-order valence-corrected chi connectivity index (χ1v) is 46.0. The standard InChI is InChI=1S/C105H123N11O18.ClH/c1-70-97(10,88(117)118)103(58-55-85(73-37-22-16-23-38-73)74-39-24-17-25-40-74)79-49-34-52-82(67-79)112(126)132-115(129-91(123)100(103,13)94(4,5)109(70)64-61-106)130-92(124)101(14)95(6,7)110(65-62-107)71(2)98(11,89(119)120)104(101,59-56-86(75-41-26-18-27-42-75)76-43-28-19-29-44-76)80-50-35-53-83(68-80)113(127)133-116-131-93(125)102(15)96(8,9)111(66-63-108)72(3)99(12,90(121)122)105(102,81-51-36-54-84(69-81)114(128)134-116)60-57-87(77-45-30-20-31-46-77)78-47-32-21-33-48-78;/h16-54,67-72,85-87H,55-66,106-108H2,1-15H3;1H. The number of piperidine rings is 3. The highest BCUT2D eigenvalue weighted by Crippen LogP contribution is 2.73. The molecule has 5 heterocycles. The number of carbonyl (C=O) groups excluding carboxylic acids is 6. The topological polar surface area (TPSA) is 381 Å². The summed E-state index contributed by atoms with van der Waals surface area (Å²) in [5, 5.41) is 46.0. The lowest BCUT2D eigenvalue weighted by Gasteiger charge is -2.72. The molecule has 0 amide bonds. The summed E-state index contributed by atoms with van der Waals surface area (Å²) in [4.78, 5) is 188. The van der Waals surface area contributed by atoms with Crippen LogP contribution >= 0.6 is 12.4 Å². The van der Waals surface area contributed by atoms with Crippen molar-refractivity contribution in [3.8, 4) is 0 Å². The molecule has 0 aliphatic carbocycles. The maximum atomic E-state index is 17.8. The third-order valence-electron chi connectivity index (χ3n) is 33.7. The average Bonchev–Trinajstić information content (AvgIpc) is 0.668. The number of carboxylic acids is 3. The number of aliphatic carboxylic acids is 3. The molecule has 5 aliphatic rings. The van der Waals surface area contributed by atoms with E-state index in [2.05, 4.69) is 0 Å². The monoisotopic (exact) mass is 1860 g/mol. The second-order valence-electron chi connectivity index (χ2n) is 39.2. The van der Waals surface area contributed by atoms with Gasteiger partial charge in [0, 0.05) is 179 Å². The van der Waals surface area contributed by atoms with Gasteiger partial charge in [-0.05, 0) is 186 Å². The molecule has 714 valence electrons. The van der Waals surface area contributed by atoms with Crippen LogP contribution in [0.25, 0.3) is 0 Å². The van der Waals surface area contributed by atoms with Gasteiger partial charge in [0.1, 0.15) is 0 Å². The number of halogens is 1. The molecule has 29 nitrogen and oxygen atoms in total. The number of fused-ring (bicyclic) bond motifs is 8. The molecule has 3 fully saturated rings. The number of nitrogens with two attached hydrogens (primary N) is 3. The summed E-state index contributed by atoms with van der Waals surface area (Å²) in [6.45, 7) is 24.5. The zero-order chi connectivity index (χ0) is 96.9. The molecule has 135 heavy (non-hydrogen) atoms. The van der Waals surface area contributed by atoms with Crippen molar-refractivity contribution < 1.29 is 88.2 Å². The van der Waals surface area contributed by atoms with Crippen LogP contribution in [0.15, 0.2) is 255 Å². The van der Waals surface area contributed by atoms with Crippen molar-refractivity contribution in [1.82, 2.24) is 25.5 Å². The molecule has 5 aliphatic heterocycles. The molecule has 9 aromatic carbocycles. The predicted octanol–water partition coefficient (Wildman–Crippen LogP) is 13.4. The van der Waals surface area contributed by atoms with Gasteiger partial charge in [0.15, 0.2) is 0 Å². The van der Waals surface area contributed by atoms with E-state index < -0.39 is 143 Å². The smallest absolute Gasteiger partial charge is 0.365 e. The molecule has 9 aromatic rings. The second kappa shape index (κ2) is 38.3. The average molecular weight is 1860 g/mol. The maximum absolute atomic E-state index is 17.8. The maximum Gasteiger partial charge on any atom is 0.365 e. The Kier molecular flexibility index (Phi) is 28.5. The van der Waals surface area contributed by atoms with E-state index >= 15 is 58.8 Å². The summed E-state index contributed by atoms with van der Waals surface area (Å²) < 4.78 is 0. The van der Waals surface area contributed by atoms with Gasteiger partial charge in [-0.3, -0.25) is 29.2 Å². The Labute approximate surface area is 794 Å². The van der Waals surface area contributed by atoms with Crippen molar-refractivity contribution in [3.05, 3.63) is 320 Å². The molecule has 3 saturated heterocycles. The summed E-state index contributed by atoms with van der Waals surface area (Å²) in [7, 11) is 0. The largest absolute Gasteiger partial charge is 0.549 e. The molecule has 14 rings (SSSR count). The first kappa shape index (κ1) is 100. The second-order valence-corrected chi connectivity index (χ2v) is 39.2. The van der Waals surface area contributed by atoms with Crippen molar-refractivity contribution in [1.29, 1.82) is 0 Å². The van der Waals surface area contributed by atoms with Gasteiger partial charge in [0.2, 0.25) is 0 Å². The van der Waals surface area contributed by atoms with E-state index in [1.807, 2.05) is 192 Å². The Morgan fingerprint density at radius 1 is 0.400 bits per heavy atom. The molecule has 0 aromatic heterocycles. The van der Waals surface area contributed by atoms with Gasteiger partial charge >= 0.3 is 45.7 Å². The third-order valence-corrected chi connectivity index (χ3v) is 33.7. The summed E-state index contributed by atoms with van der Waals surface area (Å²) in [6.07, 6.45) is -0.289. The lowest BCUT2D eigenvalue weighted by Crippen LogP contribution is -2.83. The fourth-order valence-corrected chi connectivity index (χ4v) is 25.6. The van der Waals surface area contributed by atoms with E-state index in [1.54, 1.807) is 93.2 Å². The fraction of sp³-hybridized carbons (Fsp3) is 0.429. The zero-order valence-electron chi connectivity index (χ0n) is 79.3. The van der Waals surface area contributed by atoms with Gasteiger partial charge in [0.25, 0.3) is 14.8 Å². The number of hydrogen-bond acceptors (Lipinski definition) is 26. The number of carboxylic acid groups (broad SMARTS) is 3. The fourth-order valence-electron chi connectivity index (χ4n) is 25.6. The van der Waals surface area contributed by atoms with E-state index in [4.69, 9.17) is 46.5 Å². The number of nitrogens with zero attached hydrogens (tertiary/aromatic N) is 8. The summed E-state index contributed by atoms with van der Waals surface area (Å²) in [5.41, 5.74) is -0.929. The van der Waals surface area contributed by atoms with Crippen molar-refractivity contribution in [2.75, 3.05) is 39.3 Å². The van der Waals surface area contributed by atoms with Gasteiger partial charge in [-0.25, -0.2) is 14.4 Å². The highest BCUT2D eigenvalue weighted by molar-refractivity contribution is 5.90. The van der Waals surface area contributed by atoms with E-state index in [-0.39, 0.29) is 144 Å². The first-order valence-electron chi connectivity index (χ1n) is 46.0. The Bertz CT molecular complexity index is 5760. The van der Waals surface area contributed by atoms with Crippen LogP contribution in [0.1, 0.15) is 210 Å². The van der Waals surface area contributed by atoms with Crippen LogP contribution in [-0.2, 0) is 74.3 Å². The zero-order valence-corrected chi connectivity index (χ0v) is 80.1. The van der Waals surface area contributed by atoms with E-state index in [0.29, 0.717) is 0 Å². The highest BCUT2D eigenvalue weighted by Gasteiger charge is 2.81. The van der Waals surface area contributed by atoms with Crippen LogP contribution in [0.5, 0.6) is 0 Å². The third kappa shape index (κ3) is 15.6. The van der Waals surface area contributed by atoms with Crippen LogP contribution < -0.4 is 32.5 Å². The lowest BCUT2D eigenvalue weighted by molar-refractivity contribution is -0.946. The molecule has 12 atom stereocenters. The molecular weight excluding hydrogens is 1740 g/mol. The van der Waals surface area contributed by atoms with Crippen LogP contribution in [0.2, 0.25) is 0 Å². The SMILES string of the molecule is CC1N(CCN)C(C)(C)C2(C)C(=O)ON(OC(=O)C3(C)C(C)(C)N(CCN)C(C)C(C)(C(=O)[O-])C3(CCC(c3ccccc3)c3ccccc3)c3cccc([N+](=O)ON4OC(=O)C5(C)C(C)(C)N(CCN)C(C)C(C)(C(=O)[O-])C5(CCC(c5ccccc5)c5ccccc5)c5cccc(c5)[N+](=O)O4)c3)O[N+](=O)c3cccc(c3)C2(CCC(c2ccccc2)c2ccccc2)C1(C)C(=O)[O-].Cl. The molecule has 4 bridgehead atoms. The summed E-state index contributed by atoms with van der Waals surface area (Å²) in [6, 6.07) is 71.4. The quantitative estimate of drug-likeness (QED) is 0.0352. The molecule has 12 unspecified atom stereocenters. The van der Waals surface area contributed by atoms with Crippen LogP contribution in [0.3, 0.4) is 0 Å². The first-order chi connectivity index (χ1) is 63.6. The number of rotatable bonds is 30. The van der Waals surface area contributed by atoms with Gasteiger partial charge in [-0.2, -0.15) is 0 Å². The Morgan fingerprint density at radius 2 is 0.681 bits per heavy atom. The van der Waals surface area contributed by atoms with E-state index in [9.17, 15) is 0 Å².